The smallest absolute Gasteiger partial charge is 0.160 e. The molecule has 0 fully saturated rings. The van der Waals surface area contributed by atoms with Gasteiger partial charge < -0.3 is 27.7 Å². The summed E-state index contributed by atoms with van der Waals surface area (Å²) in [7, 11) is 0. The van der Waals surface area contributed by atoms with E-state index in [1.54, 1.807) is 0 Å². The summed E-state index contributed by atoms with van der Waals surface area (Å²) in [6.45, 7) is 0. The molecule has 12 aromatic carbocycles. The lowest BCUT2D eigenvalue weighted by molar-refractivity contribution is 0.486. The first-order chi connectivity index (χ1) is 44.6. The predicted octanol–water partition coefficient (Wildman–Crippen LogP) is 20.2. The van der Waals surface area contributed by atoms with Crippen molar-refractivity contribution in [3.63, 3.8) is 0 Å². The Bertz CT molecular complexity index is 6080. The maximum atomic E-state index is 6.90. The molecule has 10 nitrogen and oxygen atoms in total. The molecule has 90 heavy (non-hydrogen) atoms. The Balaban J connectivity index is 0.618. The van der Waals surface area contributed by atoms with Gasteiger partial charge in [-0.1, -0.05) is 103 Å². The molecule has 2 aliphatic heterocycles. The van der Waals surface area contributed by atoms with Crippen LogP contribution in [0, 0.1) is 0 Å². The van der Waals surface area contributed by atoms with Crippen molar-refractivity contribution < 1.29 is 9.47 Å². The molecule has 0 atom stereocenters. The van der Waals surface area contributed by atoms with Crippen molar-refractivity contribution in [1.82, 2.24) is 38.2 Å². The topological polar surface area (TPSA) is 89.7 Å². The molecular formula is C80H46N8O2. The van der Waals surface area contributed by atoms with E-state index in [0.29, 0.717) is 11.6 Å². The van der Waals surface area contributed by atoms with Crippen molar-refractivity contribution in [1.29, 1.82) is 0 Å². The quantitative estimate of drug-likeness (QED) is 0.158. The molecule has 0 saturated carbocycles. The lowest BCUT2D eigenvalue weighted by Crippen LogP contribution is -2.03. The molecular weight excluding hydrogens is 1100 g/mol. The Morgan fingerprint density at radius 3 is 1.54 bits per heavy atom. The molecule has 20 rings (SSSR count). The molecule has 6 aromatic heterocycles. The largest absolute Gasteiger partial charge is 0.456 e. The maximum absolute atomic E-state index is 6.90. The summed E-state index contributed by atoms with van der Waals surface area (Å²) in [5.41, 5.74) is 20.5. The fourth-order valence-corrected chi connectivity index (χ4v) is 14.4. The minimum atomic E-state index is 0.657. The van der Waals surface area contributed by atoms with Crippen molar-refractivity contribution in [3.8, 4) is 102 Å². The van der Waals surface area contributed by atoms with E-state index in [-0.39, 0.29) is 0 Å². The number of benzene rings is 12. The number of ether oxygens (including phenoxy) is 2. The summed E-state index contributed by atoms with van der Waals surface area (Å²) < 4.78 is 22.5. The van der Waals surface area contributed by atoms with E-state index < -0.39 is 0 Å². The van der Waals surface area contributed by atoms with Crippen LogP contribution in [0.2, 0.25) is 0 Å². The summed E-state index contributed by atoms with van der Waals surface area (Å²) in [5, 5.41) is 9.04. The first-order valence-electron chi connectivity index (χ1n) is 30.3. The number of fused-ring (bicyclic) bond motifs is 13. The second-order valence-corrected chi connectivity index (χ2v) is 23.3. The minimum Gasteiger partial charge on any atom is -0.456 e. The number of para-hydroxylation sites is 5. The lowest BCUT2D eigenvalue weighted by Gasteiger charge is -2.23. The summed E-state index contributed by atoms with van der Waals surface area (Å²) in [4.78, 5) is 20.7. The maximum Gasteiger partial charge on any atom is 0.160 e. The highest BCUT2D eigenvalue weighted by atomic mass is 16.5. The molecule has 0 unspecified atom stereocenters. The summed E-state index contributed by atoms with van der Waals surface area (Å²) in [6, 6.07) is 94.2. The minimum absolute atomic E-state index is 0.657. The predicted molar refractivity (Wildman–Crippen MR) is 362 cm³/mol. The van der Waals surface area contributed by atoms with Crippen LogP contribution < -0.4 is 9.47 Å². The van der Waals surface area contributed by atoms with Gasteiger partial charge in [-0.05, 0) is 169 Å². The molecule has 2 aliphatic rings. The molecule has 0 radical (unpaired) electrons. The third kappa shape index (κ3) is 7.09. The monoisotopic (exact) mass is 1150 g/mol. The van der Waals surface area contributed by atoms with E-state index in [4.69, 9.17) is 29.4 Å². The first-order valence-corrected chi connectivity index (χ1v) is 30.3. The fraction of sp³-hybridized carbons (Fsp3) is 0. The molecule has 10 heteroatoms. The summed E-state index contributed by atoms with van der Waals surface area (Å²) >= 11 is 0. The standard InChI is InChI=1S/C80H46N8O2/c1-2-13-53(14-3-1)87-66-23-8-5-16-57(66)73-58-42-44-85(64(58)39-40-67(73)87)51-33-29-49(30-34-51)80-82-63-21-12-26-72-75(63)77(84-80)60-19-10-18-55(78(60)90-72)47-27-37-54(38-28-47)88-65-22-7-4-15-56(65)61-46-68-50(45-69(61)88)41-43-86(68)52-35-31-48(32-36-52)79-81-62-20-11-25-71-74(62)76(83-79)59-17-6-9-24-70(59)89-71/h1-46H. The molecule has 0 spiro atoms. The van der Waals surface area contributed by atoms with Gasteiger partial charge in [-0.25, -0.2) is 19.9 Å². The van der Waals surface area contributed by atoms with E-state index >= 15 is 0 Å². The van der Waals surface area contributed by atoms with Crippen LogP contribution in [0.5, 0.6) is 23.0 Å². The summed E-state index contributed by atoms with van der Waals surface area (Å²) in [5.74, 6) is 4.43. The van der Waals surface area contributed by atoms with Crippen LogP contribution in [0.1, 0.15) is 0 Å². The lowest BCUT2D eigenvalue weighted by atomic mass is 9.95. The number of aromatic nitrogens is 8. The van der Waals surface area contributed by atoms with Gasteiger partial charge in [0.15, 0.2) is 11.6 Å². The normalized spacial score (nSPS) is 12.4. The zero-order chi connectivity index (χ0) is 58.7. The van der Waals surface area contributed by atoms with E-state index in [1.165, 1.54) is 38.0 Å². The zero-order valence-electron chi connectivity index (χ0n) is 48.0. The van der Waals surface area contributed by atoms with E-state index in [1.807, 2.05) is 48.5 Å². The van der Waals surface area contributed by atoms with Gasteiger partial charge in [-0.3, -0.25) is 0 Å². The second kappa shape index (κ2) is 18.6. The molecule has 18 aromatic rings. The fourth-order valence-electron chi connectivity index (χ4n) is 14.4. The van der Waals surface area contributed by atoms with Gasteiger partial charge in [0.1, 0.15) is 23.0 Å². The average molecular weight is 1150 g/mol. The Labute approximate surface area is 513 Å². The zero-order valence-corrected chi connectivity index (χ0v) is 48.0. The molecule has 8 heterocycles. The number of rotatable bonds is 7. The number of hydrogen-bond donors (Lipinski definition) is 0. The van der Waals surface area contributed by atoms with Crippen molar-refractivity contribution in [2.24, 2.45) is 0 Å². The molecule has 0 bridgehead atoms. The second-order valence-electron chi connectivity index (χ2n) is 23.3. The number of hydrogen-bond acceptors (Lipinski definition) is 6. The van der Waals surface area contributed by atoms with Crippen LogP contribution >= 0.6 is 0 Å². The Morgan fingerprint density at radius 2 is 0.800 bits per heavy atom. The van der Waals surface area contributed by atoms with Gasteiger partial charge in [0.05, 0.1) is 66.3 Å². The van der Waals surface area contributed by atoms with Gasteiger partial charge >= 0.3 is 0 Å². The van der Waals surface area contributed by atoms with Crippen molar-refractivity contribution in [3.05, 3.63) is 279 Å². The Kier molecular flexibility index (Phi) is 10.1. The Morgan fingerprint density at radius 1 is 0.278 bits per heavy atom. The van der Waals surface area contributed by atoms with Crippen LogP contribution in [-0.2, 0) is 0 Å². The van der Waals surface area contributed by atoms with Gasteiger partial charge in [-0.2, -0.15) is 0 Å². The van der Waals surface area contributed by atoms with Crippen LogP contribution in [0.4, 0.5) is 0 Å². The highest BCUT2D eigenvalue weighted by Crippen LogP contribution is 2.51. The van der Waals surface area contributed by atoms with Gasteiger partial charge in [0.25, 0.3) is 0 Å². The van der Waals surface area contributed by atoms with Crippen LogP contribution in [0.15, 0.2) is 279 Å². The third-order valence-electron chi connectivity index (χ3n) is 18.5. The van der Waals surface area contributed by atoms with Gasteiger partial charge in [-0.15, -0.1) is 0 Å². The van der Waals surface area contributed by atoms with Gasteiger partial charge in [0, 0.05) is 95.3 Å². The van der Waals surface area contributed by atoms with Crippen molar-refractivity contribution in [2.75, 3.05) is 0 Å². The van der Waals surface area contributed by atoms with E-state index in [9.17, 15) is 0 Å². The molecule has 0 saturated heterocycles. The van der Waals surface area contributed by atoms with Crippen molar-refractivity contribution >= 4 is 87.2 Å². The molecule has 0 N–H and O–H groups in total. The van der Waals surface area contributed by atoms with Crippen LogP contribution in [0.25, 0.3) is 166 Å². The van der Waals surface area contributed by atoms with Crippen LogP contribution in [-0.4, -0.2) is 38.2 Å². The van der Waals surface area contributed by atoms with Crippen molar-refractivity contribution in [2.45, 2.75) is 0 Å². The number of nitrogens with zero attached hydrogens (tertiary/aromatic N) is 8. The average Bonchev–Trinajstić information content (AvgIpc) is 1.21. The van der Waals surface area contributed by atoms with E-state index in [0.717, 1.165) is 140 Å². The highest BCUT2D eigenvalue weighted by Gasteiger charge is 2.28. The van der Waals surface area contributed by atoms with Gasteiger partial charge in [0.2, 0.25) is 0 Å². The molecule has 0 aliphatic carbocycles. The van der Waals surface area contributed by atoms with Crippen LogP contribution in [0.3, 0.4) is 0 Å². The first kappa shape index (κ1) is 48.8. The third-order valence-corrected chi connectivity index (χ3v) is 18.5. The SMILES string of the molecule is c1ccc(-n2c3ccccc3c3c4ccn(-c5ccc(-c6nc7c8c(cccc8n6)Oc6c(-c8ccc(-n9c%10ccccc%10c%10cc%11c(ccn%11-c%11ccc(-c%12nc%13c%14c(cccc%14n%12)Oc%12ccccc%12-%13)cc%11)cc%109)cc8)cccc6-7)cc5)c4ccc32)cc1. The molecule has 0 amide bonds. The Hall–Kier alpha value is -12.4. The van der Waals surface area contributed by atoms with E-state index in [2.05, 4.69) is 249 Å². The summed E-state index contributed by atoms with van der Waals surface area (Å²) in [6.07, 6.45) is 4.34. The molecule has 418 valence electrons. The highest BCUT2D eigenvalue weighted by molar-refractivity contribution is 6.21.